The van der Waals surface area contributed by atoms with Crippen LogP contribution in [0.4, 0.5) is 5.69 Å². The van der Waals surface area contributed by atoms with Crippen molar-refractivity contribution in [3.8, 4) is 0 Å². The van der Waals surface area contributed by atoms with E-state index < -0.39 is 21.9 Å². The van der Waals surface area contributed by atoms with E-state index >= 15 is 0 Å². The number of anilines is 1. The van der Waals surface area contributed by atoms with Gasteiger partial charge in [0, 0.05) is 23.8 Å². The summed E-state index contributed by atoms with van der Waals surface area (Å²) in [6, 6.07) is 7.31. The quantitative estimate of drug-likeness (QED) is 0.556. The summed E-state index contributed by atoms with van der Waals surface area (Å²) in [7, 11) is -3.61. The zero-order valence-electron chi connectivity index (χ0n) is 13.7. The first kappa shape index (κ1) is 20.4. The van der Waals surface area contributed by atoms with Crippen molar-refractivity contribution in [1.82, 2.24) is 10.0 Å². The van der Waals surface area contributed by atoms with Crippen LogP contribution in [0.1, 0.15) is 45.3 Å². The molecule has 0 aliphatic heterocycles. The van der Waals surface area contributed by atoms with Crippen molar-refractivity contribution in [3.63, 3.8) is 0 Å². The van der Waals surface area contributed by atoms with Gasteiger partial charge in [-0.1, -0.05) is 12.1 Å². The lowest BCUT2D eigenvalue weighted by molar-refractivity contribution is 0.174. The number of hydrogen-bond donors (Lipinski definition) is 4. The number of benzene rings is 1. The molecule has 4 N–H and O–H groups in total. The number of aliphatic hydroxyl groups is 1. The van der Waals surface area contributed by atoms with Crippen molar-refractivity contribution >= 4 is 32.9 Å². The summed E-state index contributed by atoms with van der Waals surface area (Å²) in [4.78, 5) is 0. The summed E-state index contributed by atoms with van der Waals surface area (Å²) in [5, 5.41) is 13.3. The van der Waals surface area contributed by atoms with Crippen LogP contribution in [0.15, 0.2) is 24.3 Å². The van der Waals surface area contributed by atoms with Crippen LogP contribution in [0.2, 0.25) is 0 Å². The highest BCUT2D eigenvalue weighted by molar-refractivity contribution is 8.93. The average Bonchev–Trinajstić information content (AvgIpc) is 3.17. The molecule has 1 aromatic rings. The minimum Gasteiger partial charge on any atom is -0.387 e. The molecule has 132 valence electrons. The molecule has 6 nitrogen and oxygen atoms in total. The van der Waals surface area contributed by atoms with Crippen molar-refractivity contribution in [2.24, 2.45) is 0 Å². The second-order valence-electron chi connectivity index (χ2n) is 6.78. The summed E-state index contributed by atoms with van der Waals surface area (Å²) in [6.45, 7) is 5.84. The monoisotopic (exact) mass is 407 g/mol. The molecule has 1 aliphatic rings. The molecule has 0 heterocycles. The van der Waals surface area contributed by atoms with Crippen LogP contribution in [-0.4, -0.2) is 31.6 Å². The molecule has 1 unspecified atom stereocenters. The lowest BCUT2D eigenvalue weighted by atomic mass is 10.1. The molecule has 0 saturated heterocycles. The van der Waals surface area contributed by atoms with E-state index in [1.165, 1.54) is 12.8 Å². The maximum absolute atomic E-state index is 11.9. The van der Waals surface area contributed by atoms with Crippen molar-refractivity contribution < 1.29 is 13.5 Å². The van der Waals surface area contributed by atoms with Gasteiger partial charge in [0.15, 0.2) is 0 Å². The lowest BCUT2D eigenvalue weighted by Crippen LogP contribution is -2.43. The maximum atomic E-state index is 11.9. The van der Waals surface area contributed by atoms with Crippen molar-refractivity contribution in [2.45, 2.75) is 51.3 Å². The van der Waals surface area contributed by atoms with Crippen molar-refractivity contribution in [2.75, 3.05) is 11.3 Å². The standard InChI is InChI=1S/C15H25N3O3S.BrH/c1-15(2,3)18-22(20,21)17-13-6-4-11(5-7-13)14(19)10-16-12-8-9-12;/h4-7,12,14,16-19H,8-10H2,1-3H3;1H. The Bertz CT molecular complexity index is 595. The van der Waals surface area contributed by atoms with Gasteiger partial charge >= 0.3 is 0 Å². The molecule has 1 fully saturated rings. The highest BCUT2D eigenvalue weighted by Gasteiger charge is 2.22. The molecule has 0 radical (unpaired) electrons. The number of halogens is 1. The summed E-state index contributed by atoms with van der Waals surface area (Å²) < 4.78 is 28.9. The Morgan fingerprint density at radius 2 is 1.78 bits per heavy atom. The highest BCUT2D eigenvalue weighted by atomic mass is 79.9. The summed E-state index contributed by atoms with van der Waals surface area (Å²) >= 11 is 0. The van der Waals surface area contributed by atoms with Gasteiger partial charge in [-0.3, -0.25) is 4.72 Å². The van der Waals surface area contributed by atoms with Crippen LogP contribution >= 0.6 is 17.0 Å². The molecule has 8 heteroatoms. The van der Waals surface area contributed by atoms with Gasteiger partial charge in [-0.2, -0.15) is 13.1 Å². The predicted octanol–water partition coefficient (Wildman–Crippen LogP) is 2.09. The van der Waals surface area contributed by atoms with E-state index in [0.717, 1.165) is 5.56 Å². The Morgan fingerprint density at radius 3 is 2.26 bits per heavy atom. The summed E-state index contributed by atoms with van der Waals surface area (Å²) in [6.07, 6.45) is 1.77. The molecule has 1 saturated carbocycles. The Hall–Kier alpha value is -0.670. The third-order valence-corrected chi connectivity index (χ3v) is 4.55. The average molecular weight is 408 g/mol. The second kappa shape index (κ2) is 7.94. The molecule has 2 rings (SSSR count). The molecule has 1 atom stereocenters. The van der Waals surface area contributed by atoms with Crippen LogP contribution in [0.5, 0.6) is 0 Å². The first-order valence-electron chi connectivity index (χ1n) is 7.48. The van der Waals surface area contributed by atoms with Gasteiger partial charge in [0.25, 0.3) is 10.2 Å². The number of aliphatic hydroxyl groups excluding tert-OH is 1. The van der Waals surface area contributed by atoms with Gasteiger partial charge in [0.2, 0.25) is 0 Å². The number of nitrogens with one attached hydrogen (secondary N) is 3. The van der Waals surface area contributed by atoms with E-state index in [0.29, 0.717) is 18.3 Å². The van der Waals surface area contributed by atoms with E-state index in [1.807, 2.05) is 0 Å². The molecule has 0 spiro atoms. The van der Waals surface area contributed by atoms with Crippen LogP contribution in [0.3, 0.4) is 0 Å². The van der Waals surface area contributed by atoms with Crippen molar-refractivity contribution in [3.05, 3.63) is 29.8 Å². The topological polar surface area (TPSA) is 90.5 Å². The van der Waals surface area contributed by atoms with E-state index in [2.05, 4.69) is 14.8 Å². The molecule has 1 aromatic carbocycles. The lowest BCUT2D eigenvalue weighted by Gasteiger charge is -2.21. The molecule has 0 aromatic heterocycles. The van der Waals surface area contributed by atoms with Gasteiger partial charge in [0.1, 0.15) is 0 Å². The smallest absolute Gasteiger partial charge is 0.299 e. The Morgan fingerprint density at radius 1 is 1.22 bits per heavy atom. The first-order valence-corrected chi connectivity index (χ1v) is 8.96. The fourth-order valence-electron chi connectivity index (χ4n) is 2.04. The minimum atomic E-state index is -3.61. The molecule has 0 bridgehead atoms. The largest absolute Gasteiger partial charge is 0.387 e. The van der Waals surface area contributed by atoms with Gasteiger partial charge < -0.3 is 10.4 Å². The summed E-state index contributed by atoms with van der Waals surface area (Å²) in [5.74, 6) is 0. The fraction of sp³-hybridized carbons (Fsp3) is 0.600. The molecule has 0 amide bonds. The van der Waals surface area contributed by atoms with Gasteiger partial charge in [-0.15, -0.1) is 17.0 Å². The third kappa shape index (κ3) is 7.63. The Kier molecular flexibility index (Phi) is 7.03. The van der Waals surface area contributed by atoms with Gasteiger partial charge in [-0.05, 0) is 51.3 Å². The molecular weight excluding hydrogens is 382 g/mol. The Balaban J connectivity index is 0.00000264. The van der Waals surface area contributed by atoms with E-state index in [4.69, 9.17) is 0 Å². The SMILES string of the molecule is Br.CC(C)(C)NS(=O)(=O)Nc1ccc(C(O)CNC2CC2)cc1. The minimum absolute atomic E-state index is 0. The third-order valence-electron chi connectivity index (χ3n) is 3.17. The van der Waals surface area contributed by atoms with Gasteiger partial charge in [-0.25, -0.2) is 0 Å². The van der Waals surface area contributed by atoms with Crippen LogP contribution in [0, 0.1) is 0 Å². The second-order valence-corrected chi connectivity index (χ2v) is 8.19. The number of rotatable bonds is 7. The van der Waals surface area contributed by atoms with Crippen LogP contribution in [0.25, 0.3) is 0 Å². The maximum Gasteiger partial charge on any atom is 0.299 e. The van der Waals surface area contributed by atoms with E-state index in [-0.39, 0.29) is 17.0 Å². The zero-order chi connectivity index (χ0) is 16.4. The fourth-order valence-corrected chi connectivity index (χ4v) is 3.34. The zero-order valence-corrected chi connectivity index (χ0v) is 16.2. The normalized spacial score (nSPS) is 16.5. The Labute approximate surface area is 149 Å². The van der Waals surface area contributed by atoms with E-state index in [9.17, 15) is 13.5 Å². The molecular formula is C15H26BrN3O3S. The van der Waals surface area contributed by atoms with Crippen LogP contribution < -0.4 is 14.8 Å². The summed E-state index contributed by atoms with van der Waals surface area (Å²) in [5.41, 5.74) is 0.680. The molecule has 23 heavy (non-hydrogen) atoms. The molecule has 1 aliphatic carbocycles. The van der Waals surface area contributed by atoms with Gasteiger partial charge in [0.05, 0.1) is 6.10 Å². The van der Waals surface area contributed by atoms with E-state index in [1.54, 1.807) is 45.0 Å². The number of hydrogen-bond acceptors (Lipinski definition) is 4. The first-order chi connectivity index (χ1) is 10.1. The highest BCUT2D eigenvalue weighted by Crippen LogP contribution is 2.21. The van der Waals surface area contributed by atoms with Crippen molar-refractivity contribution in [1.29, 1.82) is 0 Å². The predicted molar refractivity (Wildman–Crippen MR) is 98.2 cm³/mol. The van der Waals surface area contributed by atoms with Crippen LogP contribution in [-0.2, 0) is 10.2 Å².